The second-order valence-electron chi connectivity index (χ2n) is 8.60. The molecule has 1 N–H and O–H groups in total. The Morgan fingerprint density at radius 3 is 2.50 bits per heavy atom. The maximum Gasteiger partial charge on any atom is 0.573 e. The third kappa shape index (κ3) is 5.78. The van der Waals surface area contributed by atoms with Gasteiger partial charge in [-0.25, -0.2) is 4.79 Å². The summed E-state index contributed by atoms with van der Waals surface area (Å²) in [5, 5.41) is 0.415. The molecular weight excluding hydrogens is 479 g/mol. The van der Waals surface area contributed by atoms with Crippen molar-refractivity contribution < 1.29 is 27.4 Å². The van der Waals surface area contributed by atoms with E-state index in [0.717, 1.165) is 4.57 Å². The van der Waals surface area contributed by atoms with Gasteiger partial charge in [0.05, 0.1) is 23.4 Å². The minimum absolute atomic E-state index is 0.142. The van der Waals surface area contributed by atoms with Gasteiger partial charge in [0.15, 0.2) is 0 Å². The number of piperidine rings is 1. The Balaban J connectivity index is 1.49. The van der Waals surface area contributed by atoms with Gasteiger partial charge in [0.25, 0.3) is 5.56 Å². The van der Waals surface area contributed by atoms with E-state index in [1.165, 1.54) is 24.3 Å². The summed E-state index contributed by atoms with van der Waals surface area (Å²) >= 11 is 0. The molecule has 2 aromatic carbocycles. The lowest BCUT2D eigenvalue weighted by Crippen LogP contribution is -2.46. The topological polar surface area (TPSA) is 93.6 Å². The van der Waals surface area contributed by atoms with Crippen LogP contribution >= 0.6 is 0 Å². The molecule has 1 aliphatic heterocycles. The van der Waals surface area contributed by atoms with Crippen molar-refractivity contribution in [2.75, 3.05) is 26.2 Å². The Morgan fingerprint density at radius 1 is 1.08 bits per heavy atom. The number of fused-ring (bicyclic) bond motifs is 1. The first-order valence-corrected chi connectivity index (χ1v) is 11.6. The lowest BCUT2D eigenvalue weighted by atomic mass is 9.80. The summed E-state index contributed by atoms with van der Waals surface area (Å²) in [6.45, 7) is 3.30. The van der Waals surface area contributed by atoms with Gasteiger partial charge in [-0.3, -0.25) is 14.2 Å². The smallest absolute Gasteiger partial charge is 0.466 e. The fourth-order valence-corrected chi connectivity index (χ4v) is 4.67. The van der Waals surface area contributed by atoms with Crippen LogP contribution in [0.4, 0.5) is 13.2 Å². The number of carbonyl (C=O) groups is 1. The molecule has 1 fully saturated rings. The Bertz CT molecular complexity index is 1330. The van der Waals surface area contributed by atoms with Gasteiger partial charge < -0.3 is 19.4 Å². The molecule has 3 aromatic rings. The predicted molar refractivity (Wildman–Crippen MR) is 126 cm³/mol. The molecule has 0 radical (unpaired) electrons. The molecule has 0 aliphatic carbocycles. The van der Waals surface area contributed by atoms with E-state index in [4.69, 9.17) is 4.74 Å². The normalized spacial score (nSPS) is 18.8. The zero-order chi connectivity index (χ0) is 25.9. The number of rotatable bonds is 7. The van der Waals surface area contributed by atoms with Gasteiger partial charge in [-0.2, -0.15) is 0 Å². The molecule has 2 heterocycles. The highest BCUT2D eigenvalue weighted by Crippen LogP contribution is 2.35. The van der Waals surface area contributed by atoms with Crippen LogP contribution in [0, 0.1) is 5.92 Å². The first-order chi connectivity index (χ1) is 17.2. The van der Waals surface area contributed by atoms with E-state index in [1.54, 1.807) is 31.2 Å². The predicted octanol–water partition coefficient (Wildman–Crippen LogP) is 3.26. The quantitative estimate of drug-likeness (QED) is 0.496. The number of nitrogens with zero attached hydrogens (tertiary/aromatic N) is 2. The molecule has 0 amide bonds. The number of hydrogen-bond acceptors (Lipinski definition) is 6. The van der Waals surface area contributed by atoms with E-state index in [9.17, 15) is 27.6 Å². The van der Waals surface area contributed by atoms with Crippen molar-refractivity contribution in [2.45, 2.75) is 32.2 Å². The third-order valence-electron chi connectivity index (χ3n) is 6.36. The Hall–Kier alpha value is -3.60. The van der Waals surface area contributed by atoms with Gasteiger partial charge in [-0.1, -0.05) is 24.3 Å². The van der Waals surface area contributed by atoms with Crippen molar-refractivity contribution in [2.24, 2.45) is 5.92 Å². The van der Waals surface area contributed by atoms with Crippen LogP contribution in [0.15, 0.2) is 58.1 Å². The van der Waals surface area contributed by atoms with E-state index >= 15 is 0 Å². The lowest BCUT2D eigenvalue weighted by Gasteiger charge is -2.37. The molecule has 8 nitrogen and oxygen atoms in total. The molecule has 2 atom stereocenters. The van der Waals surface area contributed by atoms with Gasteiger partial charge in [-0.15, -0.1) is 13.2 Å². The van der Waals surface area contributed by atoms with Crippen molar-refractivity contribution in [3.8, 4) is 5.75 Å². The van der Waals surface area contributed by atoms with Crippen LogP contribution in [-0.2, 0) is 16.1 Å². The average molecular weight is 505 g/mol. The molecule has 36 heavy (non-hydrogen) atoms. The first kappa shape index (κ1) is 25.5. The number of benzene rings is 2. The zero-order valence-electron chi connectivity index (χ0n) is 19.6. The van der Waals surface area contributed by atoms with E-state index < -0.39 is 23.9 Å². The summed E-state index contributed by atoms with van der Waals surface area (Å²) in [6.07, 6.45) is -4.24. The van der Waals surface area contributed by atoms with Crippen LogP contribution in [-0.4, -0.2) is 53.0 Å². The zero-order valence-corrected chi connectivity index (χ0v) is 19.6. The summed E-state index contributed by atoms with van der Waals surface area (Å²) in [5.41, 5.74) is 0.298. The summed E-state index contributed by atoms with van der Waals surface area (Å²) in [5.74, 6) is -1.54. The second-order valence-corrected chi connectivity index (χ2v) is 8.60. The maximum absolute atomic E-state index is 12.8. The molecular formula is C25H26F3N3O5. The molecule has 2 unspecified atom stereocenters. The molecule has 1 aliphatic rings. The van der Waals surface area contributed by atoms with Crippen molar-refractivity contribution in [1.29, 1.82) is 0 Å². The summed E-state index contributed by atoms with van der Waals surface area (Å²) in [7, 11) is 0. The number of aromatic amines is 1. The van der Waals surface area contributed by atoms with Crippen LogP contribution in [0.5, 0.6) is 5.75 Å². The van der Waals surface area contributed by atoms with Gasteiger partial charge in [0, 0.05) is 19.6 Å². The molecule has 4 rings (SSSR count). The van der Waals surface area contributed by atoms with Crippen LogP contribution in [0.2, 0.25) is 0 Å². The number of halogens is 3. The summed E-state index contributed by atoms with van der Waals surface area (Å²) < 4.78 is 47.8. The SMILES string of the molecule is CCOC(=O)C1CN(CCn2c(=O)[nH]c3ccccc3c2=O)CCC1c1ccc(OC(F)(F)F)cc1. The minimum atomic E-state index is -4.78. The molecule has 1 aromatic heterocycles. The van der Waals surface area contributed by atoms with Gasteiger partial charge in [-0.05, 0) is 55.6 Å². The van der Waals surface area contributed by atoms with E-state index in [0.29, 0.717) is 42.5 Å². The van der Waals surface area contributed by atoms with Crippen molar-refractivity contribution >= 4 is 16.9 Å². The maximum atomic E-state index is 12.8. The largest absolute Gasteiger partial charge is 0.573 e. The number of likely N-dealkylation sites (tertiary alicyclic amines) is 1. The molecule has 192 valence electrons. The number of hydrogen-bond donors (Lipinski definition) is 1. The Morgan fingerprint density at radius 2 is 1.81 bits per heavy atom. The van der Waals surface area contributed by atoms with Gasteiger partial charge in [0.2, 0.25) is 0 Å². The van der Waals surface area contributed by atoms with Crippen molar-refractivity contribution in [3.63, 3.8) is 0 Å². The highest BCUT2D eigenvalue weighted by molar-refractivity contribution is 5.77. The van der Waals surface area contributed by atoms with Gasteiger partial charge >= 0.3 is 18.0 Å². The molecule has 0 spiro atoms. The average Bonchev–Trinajstić information content (AvgIpc) is 2.83. The molecule has 11 heteroatoms. The third-order valence-corrected chi connectivity index (χ3v) is 6.36. The number of alkyl halides is 3. The lowest BCUT2D eigenvalue weighted by molar-refractivity contribution is -0.274. The molecule has 1 saturated heterocycles. The fourth-order valence-electron chi connectivity index (χ4n) is 4.67. The summed E-state index contributed by atoms with van der Waals surface area (Å²) in [4.78, 5) is 42.7. The number of ether oxygens (including phenoxy) is 2. The number of para-hydroxylation sites is 1. The van der Waals surface area contributed by atoms with Crippen LogP contribution in [0.3, 0.4) is 0 Å². The second kappa shape index (κ2) is 10.6. The number of aromatic nitrogens is 2. The highest BCUT2D eigenvalue weighted by Gasteiger charge is 2.36. The first-order valence-electron chi connectivity index (χ1n) is 11.6. The van der Waals surface area contributed by atoms with E-state index in [-0.39, 0.29) is 30.4 Å². The number of H-pyrrole nitrogens is 1. The van der Waals surface area contributed by atoms with Crippen LogP contribution in [0.1, 0.15) is 24.8 Å². The standard InChI is InChI=1S/C25H26F3N3O5/c1-2-35-23(33)20-15-30(12-11-18(20)16-7-9-17(10-8-16)36-25(26,27)28)13-14-31-22(32)19-5-3-4-6-21(19)29-24(31)34/h3-10,18,20H,2,11-15H2,1H3,(H,29,34). The highest BCUT2D eigenvalue weighted by atomic mass is 19.4. The van der Waals surface area contributed by atoms with Gasteiger partial charge in [0.1, 0.15) is 5.75 Å². The molecule has 0 bridgehead atoms. The van der Waals surface area contributed by atoms with E-state index in [2.05, 4.69) is 9.72 Å². The van der Waals surface area contributed by atoms with Crippen molar-refractivity contribution in [1.82, 2.24) is 14.5 Å². The van der Waals surface area contributed by atoms with Crippen molar-refractivity contribution in [3.05, 3.63) is 74.9 Å². The number of carbonyl (C=O) groups excluding carboxylic acids is 1. The Kier molecular flexibility index (Phi) is 7.48. The number of esters is 1. The van der Waals surface area contributed by atoms with Crippen LogP contribution < -0.4 is 16.0 Å². The fraction of sp³-hybridized carbons (Fsp3) is 0.400. The molecule has 0 saturated carbocycles. The Labute approximate surface area is 204 Å². The van der Waals surface area contributed by atoms with E-state index in [1.807, 2.05) is 4.90 Å². The summed E-state index contributed by atoms with van der Waals surface area (Å²) in [6, 6.07) is 12.3. The van der Waals surface area contributed by atoms with Crippen LogP contribution in [0.25, 0.3) is 10.9 Å². The number of nitrogens with one attached hydrogen (secondary N) is 1. The minimum Gasteiger partial charge on any atom is -0.466 e. The monoisotopic (exact) mass is 505 g/mol.